The van der Waals surface area contributed by atoms with E-state index < -0.39 is 0 Å². The van der Waals surface area contributed by atoms with Gasteiger partial charge in [-0.25, -0.2) is 0 Å². The molecule has 0 aromatic heterocycles. The van der Waals surface area contributed by atoms with Crippen molar-refractivity contribution in [3.63, 3.8) is 0 Å². The summed E-state index contributed by atoms with van der Waals surface area (Å²) in [6.07, 6.45) is 6.65. The van der Waals surface area contributed by atoms with Crippen molar-refractivity contribution >= 4 is 0 Å². The van der Waals surface area contributed by atoms with Crippen molar-refractivity contribution in [2.24, 2.45) is 11.7 Å². The van der Waals surface area contributed by atoms with E-state index in [0.717, 1.165) is 12.5 Å². The van der Waals surface area contributed by atoms with Crippen molar-refractivity contribution in [3.8, 4) is 0 Å². The van der Waals surface area contributed by atoms with E-state index in [4.69, 9.17) is 5.73 Å². The molecule has 2 atom stereocenters. The summed E-state index contributed by atoms with van der Waals surface area (Å²) in [5, 5.41) is 0. The minimum Gasteiger partial charge on any atom is -0.327 e. The number of hydrogen-bond donors (Lipinski definition) is 1. The SMILES string of the molecule is CCC1CN(C)CCCN1CC(N)CC1CC1. The highest BCUT2D eigenvalue weighted by Gasteiger charge is 2.27. The van der Waals surface area contributed by atoms with Crippen molar-refractivity contribution in [1.82, 2.24) is 9.80 Å². The first-order chi connectivity index (χ1) is 8.19. The van der Waals surface area contributed by atoms with E-state index in [-0.39, 0.29) is 0 Å². The number of rotatable bonds is 5. The summed E-state index contributed by atoms with van der Waals surface area (Å²) >= 11 is 0. The lowest BCUT2D eigenvalue weighted by molar-refractivity contribution is 0.170. The second kappa shape index (κ2) is 6.17. The monoisotopic (exact) mass is 239 g/mol. The first-order valence-electron chi connectivity index (χ1n) is 7.37. The molecule has 0 radical (unpaired) electrons. The third-order valence-corrected chi connectivity index (χ3v) is 4.30. The van der Waals surface area contributed by atoms with Crippen LogP contribution in [0.3, 0.4) is 0 Å². The van der Waals surface area contributed by atoms with Gasteiger partial charge in [0.1, 0.15) is 0 Å². The summed E-state index contributed by atoms with van der Waals surface area (Å²) < 4.78 is 0. The highest BCUT2D eigenvalue weighted by Crippen LogP contribution is 2.33. The average molecular weight is 239 g/mol. The second-order valence-corrected chi connectivity index (χ2v) is 6.11. The van der Waals surface area contributed by atoms with Gasteiger partial charge in [0.05, 0.1) is 0 Å². The van der Waals surface area contributed by atoms with Gasteiger partial charge in [-0.2, -0.15) is 0 Å². The molecule has 2 fully saturated rings. The minimum atomic E-state index is 0.403. The third-order valence-electron chi connectivity index (χ3n) is 4.30. The van der Waals surface area contributed by atoms with Crippen LogP contribution in [0.5, 0.6) is 0 Å². The van der Waals surface area contributed by atoms with Crippen molar-refractivity contribution in [2.45, 2.75) is 51.1 Å². The average Bonchev–Trinajstić information content (AvgIpc) is 3.08. The maximum atomic E-state index is 6.29. The first-order valence-corrected chi connectivity index (χ1v) is 7.37. The van der Waals surface area contributed by atoms with Crippen molar-refractivity contribution in [1.29, 1.82) is 0 Å². The van der Waals surface area contributed by atoms with Gasteiger partial charge in [0, 0.05) is 25.2 Å². The van der Waals surface area contributed by atoms with Crippen LogP contribution in [0.2, 0.25) is 0 Å². The Morgan fingerprint density at radius 3 is 2.71 bits per heavy atom. The zero-order valence-corrected chi connectivity index (χ0v) is 11.6. The number of hydrogen-bond acceptors (Lipinski definition) is 3. The fourth-order valence-electron chi connectivity index (χ4n) is 3.08. The zero-order valence-electron chi connectivity index (χ0n) is 11.6. The number of nitrogens with zero attached hydrogens (tertiary/aromatic N) is 2. The Morgan fingerprint density at radius 1 is 1.29 bits per heavy atom. The minimum absolute atomic E-state index is 0.403. The van der Waals surface area contributed by atoms with Crippen molar-refractivity contribution < 1.29 is 0 Å². The van der Waals surface area contributed by atoms with Gasteiger partial charge in [-0.1, -0.05) is 19.8 Å². The van der Waals surface area contributed by atoms with Crippen LogP contribution in [0.1, 0.15) is 39.0 Å². The van der Waals surface area contributed by atoms with Gasteiger partial charge in [0.2, 0.25) is 0 Å². The molecule has 2 aliphatic rings. The predicted molar refractivity (Wildman–Crippen MR) is 73.1 cm³/mol. The molecule has 1 saturated heterocycles. The molecule has 3 nitrogen and oxygen atoms in total. The summed E-state index contributed by atoms with van der Waals surface area (Å²) in [6, 6.07) is 1.12. The summed E-state index contributed by atoms with van der Waals surface area (Å²) in [5.41, 5.74) is 6.29. The van der Waals surface area contributed by atoms with E-state index in [2.05, 4.69) is 23.8 Å². The maximum absolute atomic E-state index is 6.29. The maximum Gasteiger partial charge on any atom is 0.0221 e. The Hall–Kier alpha value is -0.120. The van der Waals surface area contributed by atoms with Gasteiger partial charge in [-0.15, -0.1) is 0 Å². The number of likely N-dealkylation sites (N-methyl/N-ethyl adjacent to an activating group) is 1. The summed E-state index contributed by atoms with van der Waals surface area (Å²) in [4.78, 5) is 5.12. The van der Waals surface area contributed by atoms with E-state index >= 15 is 0 Å². The lowest BCUT2D eigenvalue weighted by atomic mass is 10.1. The molecule has 0 spiro atoms. The molecule has 2 N–H and O–H groups in total. The quantitative estimate of drug-likeness (QED) is 0.790. The molecule has 2 unspecified atom stereocenters. The Labute approximate surface area is 106 Å². The molecule has 1 aliphatic heterocycles. The first kappa shape index (κ1) is 13.3. The van der Waals surface area contributed by atoms with Crippen LogP contribution < -0.4 is 5.73 Å². The largest absolute Gasteiger partial charge is 0.327 e. The smallest absolute Gasteiger partial charge is 0.0221 e. The topological polar surface area (TPSA) is 32.5 Å². The molecule has 0 bridgehead atoms. The summed E-state index contributed by atoms with van der Waals surface area (Å²) in [5.74, 6) is 0.958. The van der Waals surface area contributed by atoms with Crippen molar-refractivity contribution in [3.05, 3.63) is 0 Å². The third kappa shape index (κ3) is 4.23. The highest BCUT2D eigenvalue weighted by molar-refractivity contribution is 4.84. The highest BCUT2D eigenvalue weighted by atomic mass is 15.2. The standard InChI is InChI=1S/C14H29N3/c1-3-14-11-16(2)7-4-8-17(14)10-13(15)9-12-5-6-12/h12-14H,3-11,15H2,1-2H3. The molecule has 2 rings (SSSR count). The van der Waals surface area contributed by atoms with E-state index in [0.29, 0.717) is 12.1 Å². The van der Waals surface area contributed by atoms with Crippen LogP contribution in [0.15, 0.2) is 0 Å². The molecule has 1 heterocycles. The van der Waals surface area contributed by atoms with Crippen LogP contribution in [0.4, 0.5) is 0 Å². The molecule has 0 aromatic carbocycles. The van der Waals surface area contributed by atoms with Gasteiger partial charge in [-0.05, 0) is 45.3 Å². The Balaban J connectivity index is 1.82. The molecular weight excluding hydrogens is 210 g/mol. The normalized spacial score (nSPS) is 30.2. The van der Waals surface area contributed by atoms with Crippen LogP contribution >= 0.6 is 0 Å². The summed E-state index contributed by atoms with van der Waals surface area (Å²) in [7, 11) is 2.25. The van der Waals surface area contributed by atoms with Crippen molar-refractivity contribution in [2.75, 3.05) is 33.2 Å². The lowest BCUT2D eigenvalue weighted by Crippen LogP contribution is -2.45. The second-order valence-electron chi connectivity index (χ2n) is 6.11. The molecular formula is C14H29N3. The van der Waals surface area contributed by atoms with Gasteiger partial charge in [0.25, 0.3) is 0 Å². The molecule has 0 aromatic rings. The Bertz CT molecular complexity index is 228. The fourth-order valence-corrected chi connectivity index (χ4v) is 3.08. The van der Waals surface area contributed by atoms with Crippen LogP contribution in [-0.4, -0.2) is 55.1 Å². The number of nitrogens with two attached hydrogens (primary N) is 1. The Kier molecular flexibility index (Phi) is 4.83. The van der Waals surface area contributed by atoms with E-state index in [1.54, 1.807) is 0 Å². The Morgan fingerprint density at radius 2 is 2.06 bits per heavy atom. The fraction of sp³-hybridized carbons (Fsp3) is 1.00. The predicted octanol–water partition coefficient (Wildman–Crippen LogP) is 1.53. The molecule has 1 saturated carbocycles. The van der Waals surface area contributed by atoms with Gasteiger partial charge >= 0.3 is 0 Å². The molecule has 0 amide bonds. The summed E-state index contributed by atoms with van der Waals surface area (Å²) in [6.45, 7) is 7.12. The van der Waals surface area contributed by atoms with Gasteiger partial charge < -0.3 is 10.6 Å². The molecule has 17 heavy (non-hydrogen) atoms. The van der Waals surface area contributed by atoms with Gasteiger partial charge in [-0.3, -0.25) is 4.90 Å². The van der Waals surface area contributed by atoms with Gasteiger partial charge in [0.15, 0.2) is 0 Å². The molecule has 100 valence electrons. The van der Waals surface area contributed by atoms with Crippen LogP contribution in [-0.2, 0) is 0 Å². The van der Waals surface area contributed by atoms with E-state index in [1.807, 2.05) is 0 Å². The zero-order chi connectivity index (χ0) is 12.3. The van der Waals surface area contributed by atoms with E-state index in [1.165, 1.54) is 51.7 Å². The molecule has 1 aliphatic carbocycles. The molecule has 3 heteroatoms. The lowest BCUT2D eigenvalue weighted by Gasteiger charge is -2.32. The van der Waals surface area contributed by atoms with Crippen LogP contribution in [0.25, 0.3) is 0 Å². The van der Waals surface area contributed by atoms with Crippen LogP contribution in [0, 0.1) is 5.92 Å². The van der Waals surface area contributed by atoms with E-state index in [9.17, 15) is 0 Å².